The molecule has 9 heteroatoms. The molecule has 2 rings (SSSR count). The molecule has 1 fully saturated rings. The molecule has 1 saturated heterocycles. The van der Waals surface area contributed by atoms with E-state index in [2.05, 4.69) is 0 Å². The van der Waals surface area contributed by atoms with Gasteiger partial charge in [0.1, 0.15) is 5.56 Å². The number of halogens is 3. The van der Waals surface area contributed by atoms with Crippen LogP contribution >= 0.6 is 11.8 Å². The van der Waals surface area contributed by atoms with E-state index in [1.54, 1.807) is 0 Å². The molecule has 0 radical (unpaired) electrons. The number of thioether (sulfide) groups is 1. The van der Waals surface area contributed by atoms with Gasteiger partial charge in [0.15, 0.2) is 0 Å². The van der Waals surface area contributed by atoms with Crippen LogP contribution in [0.25, 0.3) is 0 Å². The lowest BCUT2D eigenvalue weighted by atomic mass is 10.1. The van der Waals surface area contributed by atoms with Crippen LogP contribution in [0.2, 0.25) is 0 Å². The van der Waals surface area contributed by atoms with Crippen LogP contribution in [0.3, 0.4) is 0 Å². The predicted octanol–water partition coefficient (Wildman–Crippen LogP) is 2.76. The highest BCUT2D eigenvalue weighted by molar-refractivity contribution is 7.99. The molecule has 0 atom stereocenters. The van der Waals surface area contributed by atoms with E-state index >= 15 is 0 Å². The molecule has 108 valence electrons. The number of rotatable bonds is 2. The van der Waals surface area contributed by atoms with Crippen molar-refractivity contribution in [1.29, 1.82) is 0 Å². The Labute approximate surface area is 115 Å². The predicted molar refractivity (Wildman–Crippen MR) is 66.5 cm³/mol. The van der Waals surface area contributed by atoms with Crippen molar-refractivity contribution < 1.29 is 22.9 Å². The highest BCUT2D eigenvalue weighted by atomic mass is 32.2. The number of benzene rings is 1. The summed E-state index contributed by atoms with van der Waals surface area (Å²) in [5, 5.41) is 10.9. The largest absolute Gasteiger partial charge is 0.416 e. The van der Waals surface area contributed by atoms with Crippen LogP contribution in [0.15, 0.2) is 18.2 Å². The molecule has 1 aromatic rings. The van der Waals surface area contributed by atoms with Crippen LogP contribution in [-0.2, 0) is 6.18 Å². The number of nitrogens with zero attached hydrogens (tertiary/aromatic N) is 2. The van der Waals surface area contributed by atoms with E-state index < -0.39 is 28.3 Å². The third-order valence-electron chi connectivity index (χ3n) is 2.79. The summed E-state index contributed by atoms with van der Waals surface area (Å²) in [4.78, 5) is 23.4. The molecule has 1 heterocycles. The molecule has 1 aromatic carbocycles. The molecule has 0 aromatic heterocycles. The van der Waals surface area contributed by atoms with Crippen molar-refractivity contribution in [3.8, 4) is 0 Å². The van der Waals surface area contributed by atoms with Gasteiger partial charge in [0, 0.05) is 18.4 Å². The van der Waals surface area contributed by atoms with E-state index in [1.807, 2.05) is 0 Å². The summed E-state index contributed by atoms with van der Waals surface area (Å²) in [5.74, 6) is 0.479. The smallest absolute Gasteiger partial charge is 0.328 e. The Kier molecular flexibility index (Phi) is 3.89. The Bertz CT molecular complexity index is 556. The van der Waals surface area contributed by atoms with Gasteiger partial charge in [-0.3, -0.25) is 14.9 Å². The molecule has 0 unspecified atom stereocenters. The molecular weight excluding hydrogens is 297 g/mol. The van der Waals surface area contributed by atoms with Gasteiger partial charge in [-0.05, 0) is 12.1 Å². The van der Waals surface area contributed by atoms with Gasteiger partial charge in [-0.1, -0.05) is 0 Å². The van der Waals surface area contributed by atoms with Gasteiger partial charge in [0.2, 0.25) is 0 Å². The lowest BCUT2D eigenvalue weighted by Crippen LogP contribution is -2.28. The van der Waals surface area contributed by atoms with E-state index in [9.17, 15) is 28.1 Å². The van der Waals surface area contributed by atoms with Crippen LogP contribution in [-0.4, -0.2) is 33.9 Å². The van der Waals surface area contributed by atoms with Gasteiger partial charge in [0.25, 0.3) is 11.6 Å². The van der Waals surface area contributed by atoms with Crippen molar-refractivity contribution in [1.82, 2.24) is 4.90 Å². The SMILES string of the molecule is O=C(c1ccc(C(F)(F)F)cc1[N+](=O)[O-])N1CCSC1. The fourth-order valence-corrected chi connectivity index (χ4v) is 2.73. The molecule has 1 amide bonds. The Balaban J connectivity index is 2.42. The van der Waals surface area contributed by atoms with Crippen molar-refractivity contribution in [2.45, 2.75) is 6.18 Å². The molecular formula is C11H9F3N2O3S. The molecule has 1 aliphatic rings. The summed E-state index contributed by atoms with van der Waals surface area (Å²) in [7, 11) is 0. The minimum Gasteiger partial charge on any atom is -0.328 e. The second-order valence-electron chi connectivity index (χ2n) is 4.09. The van der Waals surface area contributed by atoms with Crippen LogP contribution in [0.1, 0.15) is 15.9 Å². The van der Waals surface area contributed by atoms with Crippen LogP contribution in [0, 0.1) is 10.1 Å². The average molecular weight is 306 g/mol. The number of hydrogen-bond donors (Lipinski definition) is 0. The summed E-state index contributed by atoms with van der Waals surface area (Å²) < 4.78 is 37.6. The molecule has 1 aliphatic heterocycles. The third kappa shape index (κ3) is 2.87. The third-order valence-corrected chi connectivity index (χ3v) is 3.76. The topological polar surface area (TPSA) is 63.4 Å². The normalized spacial score (nSPS) is 15.4. The van der Waals surface area contributed by atoms with E-state index in [4.69, 9.17) is 0 Å². The minimum absolute atomic E-state index is 0.314. The maximum atomic E-state index is 12.5. The highest BCUT2D eigenvalue weighted by Gasteiger charge is 2.35. The van der Waals surface area contributed by atoms with E-state index in [1.165, 1.54) is 16.7 Å². The molecule has 0 spiro atoms. The Morgan fingerprint density at radius 1 is 1.40 bits per heavy atom. The average Bonchev–Trinajstić information content (AvgIpc) is 2.89. The van der Waals surface area contributed by atoms with Crippen molar-refractivity contribution in [2.75, 3.05) is 18.2 Å². The fourth-order valence-electron chi connectivity index (χ4n) is 1.78. The molecule has 5 nitrogen and oxygen atoms in total. The maximum Gasteiger partial charge on any atom is 0.416 e. The molecule has 0 aliphatic carbocycles. The standard InChI is InChI=1S/C11H9F3N2O3S/c12-11(13,14)7-1-2-8(9(5-7)16(18)19)10(17)15-3-4-20-6-15/h1-2,5H,3-4,6H2. The van der Waals surface area contributed by atoms with Crippen molar-refractivity contribution in [2.24, 2.45) is 0 Å². The zero-order valence-electron chi connectivity index (χ0n) is 10.0. The fraction of sp³-hybridized carbons (Fsp3) is 0.364. The summed E-state index contributed by atoms with van der Waals surface area (Å²) in [6.45, 7) is 0.432. The minimum atomic E-state index is -4.68. The van der Waals surface area contributed by atoms with Gasteiger partial charge < -0.3 is 4.90 Å². The summed E-state index contributed by atoms with van der Waals surface area (Å²) in [6, 6.07) is 1.95. The van der Waals surface area contributed by atoms with Gasteiger partial charge in [-0.2, -0.15) is 13.2 Å². The second kappa shape index (κ2) is 5.31. The first kappa shape index (κ1) is 14.6. The quantitative estimate of drug-likeness (QED) is 0.622. The highest BCUT2D eigenvalue weighted by Crippen LogP contribution is 2.33. The Hall–Kier alpha value is -1.77. The van der Waals surface area contributed by atoms with Gasteiger partial charge in [0.05, 0.1) is 16.4 Å². The molecule has 20 heavy (non-hydrogen) atoms. The van der Waals surface area contributed by atoms with Crippen molar-refractivity contribution in [3.63, 3.8) is 0 Å². The van der Waals surface area contributed by atoms with Gasteiger partial charge >= 0.3 is 6.18 Å². The number of nitro benzene ring substituents is 1. The second-order valence-corrected chi connectivity index (χ2v) is 5.17. The van der Waals surface area contributed by atoms with Gasteiger partial charge in [-0.15, -0.1) is 11.8 Å². The zero-order chi connectivity index (χ0) is 14.9. The summed E-state index contributed by atoms with van der Waals surface area (Å²) >= 11 is 1.48. The number of nitro groups is 1. The number of carbonyl (C=O) groups excluding carboxylic acids is 1. The van der Waals surface area contributed by atoms with Crippen molar-refractivity contribution >= 4 is 23.4 Å². The Morgan fingerprint density at radius 2 is 2.10 bits per heavy atom. The van der Waals surface area contributed by atoms with E-state index in [0.717, 1.165) is 6.07 Å². The van der Waals surface area contributed by atoms with Crippen molar-refractivity contribution in [3.05, 3.63) is 39.4 Å². The summed E-state index contributed by atoms with van der Waals surface area (Å²) in [5.41, 5.74) is -2.27. The van der Waals surface area contributed by atoms with Crippen LogP contribution in [0.4, 0.5) is 18.9 Å². The number of carbonyl (C=O) groups is 1. The molecule has 0 bridgehead atoms. The number of hydrogen-bond acceptors (Lipinski definition) is 4. The first-order chi connectivity index (χ1) is 9.30. The lowest BCUT2D eigenvalue weighted by molar-refractivity contribution is -0.385. The number of amides is 1. The van der Waals surface area contributed by atoms with Crippen LogP contribution in [0.5, 0.6) is 0 Å². The van der Waals surface area contributed by atoms with Crippen LogP contribution < -0.4 is 0 Å². The maximum absolute atomic E-state index is 12.5. The van der Waals surface area contributed by atoms with Gasteiger partial charge in [-0.25, -0.2) is 0 Å². The molecule has 0 N–H and O–H groups in total. The summed E-state index contributed by atoms with van der Waals surface area (Å²) in [6.07, 6.45) is -4.68. The van der Waals surface area contributed by atoms with E-state index in [0.29, 0.717) is 30.3 Å². The first-order valence-electron chi connectivity index (χ1n) is 5.53. The number of alkyl halides is 3. The zero-order valence-corrected chi connectivity index (χ0v) is 10.8. The Morgan fingerprint density at radius 3 is 2.60 bits per heavy atom. The molecule has 0 saturated carbocycles. The van der Waals surface area contributed by atoms with E-state index in [-0.39, 0.29) is 5.56 Å². The monoisotopic (exact) mass is 306 g/mol. The lowest BCUT2D eigenvalue weighted by Gasteiger charge is -2.15. The first-order valence-corrected chi connectivity index (χ1v) is 6.69.